The van der Waals surface area contributed by atoms with Gasteiger partial charge in [0.25, 0.3) is 5.91 Å². The standard InChI is InChI=1S/C15H22BrNO/c1-10(2)14(11(3)4)9-17-15(18)12-5-7-13(16)8-6-12/h5-8,10-11,14H,9H2,1-4H3,(H,17,18). The minimum atomic E-state index is 0.00815. The molecule has 1 amide bonds. The van der Waals surface area contributed by atoms with Crippen molar-refractivity contribution in [2.24, 2.45) is 17.8 Å². The molecule has 0 bridgehead atoms. The highest BCUT2D eigenvalue weighted by atomic mass is 79.9. The summed E-state index contributed by atoms with van der Waals surface area (Å²) < 4.78 is 0.987. The summed E-state index contributed by atoms with van der Waals surface area (Å²) in [7, 11) is 0. The molecule has 1 N–H and O–H groups in total. The molecular formula is C15H22BrNO. The lowest BCUT2D eigenvalue weighted by atomic mass is 9.85. The zero-order valence-electron chi connectivity index (χ0n) is 11.5. The number of carbonyl (C=O) groups is 1. The van der Waals surface area contributed by atoms with Gasteiger partial charge in [0, 0.05) is 16.6 Å². The Hall–Kier alpha value is -0.830. The van der Waals surface area contributed by atoms with E-state index in [4.69, 9.17) is 0 Å². The van der Waals surface area contributed by atoms with E-state index in [9.17, 15) is 4.79 Å². The molecule has 1 rings (SSSR count). The molecular weight excluding hydrogens is 290 g/mol. The van der Waals surface area contributed by atoms with Gasteiger partial charge in [-0.25, -0.2) is 0 Å². The first-order valence-electron chi connectivity index (χ1n) is 6.45. The molecule has 0 fully saturated rings. The fourth-order valence-electron chi connectivity index (χ4n) is 2.16. The minimum absolute atomic E-state index is 0.00815. The Morgan fingerprint density at radius 2 is 1.61 bits per heavy atom. The second-order valence-electron chi connectivity index (χ2n) is 5.37. The van der Waals surface area contributed by atoms with Crippen LogP contribution in [0.3, 0.4) is 0 Å². The predicted octanol–water partition coefficient (Wildman–Crippen LogP) is 4.11. The van der Waals surface area contributed by atoms with E-state index >= 15 is 0 Å². The molecule has 0 spiro atoms. The number of carbonyl (C=O) groups excluding carboxylic acids is 1. The van der Waals surface area contributed by atoms with Crippen molar-refractivity contribution in [3.05, 3.63) is 34.3 Å². The lowest BCUT2D eigenvalue weighted by Gasteiger charge is -2.25. The molecule has 0 unspecified atom stereocenters. The summed E-state index contributed by atoms with van der Waals surface area (Å²) in [4.78, 5) is 12.0. The van der Waals surface area contributed by atoms with Crippen LogP contribution in [-0.2, 0) is 0 Å². The Labute approximate surface area is 118 Å². The summed E-state index contributed by atoms with van der Waals surface area (Å²) >= 11 is 3.36. The SMILES string of the molecule is CC(C)C(CNC(=O)c1ccc(Br)cc1)C(C)C. The first-order chi connectivity index (χ1) is 8.41. The molecule has 0 aliphatic heterocycles. The van der Waals surface area contributed by atoms with Crippen molar-refractivity contribution in [1.29, 1.82) is 0 Å². The van der Waals surface area contributed by atoms with Crippen LogP contribution in [0.2, 0.25) is 0 Å². The van der Waals surface area contributed by atoms with Crippen molar-refractivity contribution in [1.82, 2.24) is 5.32 Å². The average molecular weight is 312 g/mol. The summed E-state index contributed by atoms with van der Waals surface area (Å²) in [5, 5.41) is 3.03. The molecule has 1 aromatic carbocycles. The fraction of sp³-hybridized carbons (Fsp3) is 0.533. The molecule has 0 heterocycles. The normalized spacial score (nSPS) is 11.3. The molecule has 0 radical (unpaired) electrons. The van der Waals surface area contributed by atoms with E-state index in [0.29, 0.717) is 23.3 Å². The van der Waals surface area contributed by atoms with Gasteiger partial charge in [-0.2, -0.15) is 0 Å². The van der Waals surface area contributed by atoms with E-state index in [2.05, 4.69) is 48.9 Å². The maximum atomic E-state index is 12.0. The number of hydrogen-bond donors (Lipinski definition) is 1. The van der Waals surface area contributed by atoms with Crippen LogP contribution >= 0.6 is 15.9 Å². The lowest BCUT2D eigenvalue weighted by Crippen LogP contribution is -2.33. The van der Waals surface area contributed by atoms with Gasteiger partial charge in [0.05, 0.1) is 0 Å². The van der Waals surface area contributed by atoms with E-state index in [1.54, 1.807) is 0 Å². The van der Waals surface area contributed by atoms with Gasteiger partial charge in [0.2, 0.25) is 0 Å². The van der Waals surface area contributed by atoms with E-state index in [1.807, 2.05) is 24.3 Å². The fourth-order valence-corrected chi connectivity index (χ4v) is 2.42. The first kappa shape index (κ1) is 15.2. The van der Waals surface area contributed by atoms with Gasteiger partial charge in [-0.05, 0) is 42.0 Å². The van der Waals surface area contributed by atoms with Crippen LogP contribution in [0.25, 0.3) is 0 Å². The Kier molecular flexibility index (Phi) is 5.86. The smallest absolute Gasteiger partial charge is 0.251 e. The molecule has 2 nitrogen and oxygen atoms in total. The van der Waals surface area contributed by atoms with Crippen molar-refractivity contribution in [3.8, 4) is 0 Å². The molecule has 3 heteroatoms. The molecule has 0 aliphatic rings. The Morgan fingerprint density at radius 1 is 1.11 bits per heavy atom. The van der Waals surface area contributed by atoms with Crippen LogP contribution in [0.5, 0.6) is 0 Å². The minimum Gasteiger partial charge on any atom is -0.352 e. The van der Waals surface area contributed by atoms with Gasteiger partial charge in [0.1, 0.15) is 0 Å². The Bertz CT molecular complexity index is 376. The highest BCUT2D eigenvalue weighted by Gasteiger charge is 2.18. The van der Waals surface area contributed by atoms with Gasteiger partial charge >= 0.3 is 0 Å². The van der Waals surface area contributed by atoms with Gasteiger partial charge in [-0.1, -0.05) is 43.6 Å². The van der Waals surface area contributed by atoms with Crippen LogP contribution in [0.15, 0.2) is 28.7 Å². The summed E-state index contributed by atoms with van der Waals surface area (Å²) in [6, 6.07) is 7.44. The van der Waals surface area contributed by atoms with Crippen LogP contribution < -0.4 is 5.32 Å². The zero-order chi connectivity index (χ0) is 13.7. The summed E-state index contributed by atoms with van der Waals surface area (Å²) in [5.41, 5.74) is 0.712. The quantitative estimate of drug-likeness (QED) is 0.871. The van der Waals surface area contributed by atoms with Gasteiger partial charge in [-0.15, -0.1) is 0 Å². The largest absolute Gasteiger partial charge is 0.352 e. The molecule has 1 aromatic rings. The number of hydrogen-bond acceptors (Lipinski definition) is 1. The summed E-state index contributed by atoms with van der Waals surface area (Å²) in [6.07, 6.45) is 0. The Balaban J connectivity index is 2.57. The number of halogens is 1. The zero-order valence-corrected chi connectivity index (χ0v) is 13.1. The highest BCUT2D eigenvalue weighted by molar-refractivity contribution is 9.10. The van der Waals surface area contributed by atoms with Crippen LogP contribution in [-0.4, -0.2) is 12.5 Å². The van der Waals surface area contributed by atoms with Gasteiger partial charge < -0.3 is 5.32 Å². The number of rotatable bonds is 5. The molecule has 0 saturated carbocycles. The van der Waals surface area contributed by atoms with E-state index < -0.39 is 0 Å². The predicted molar refractivity (Wildman–Crippen MR) is 79.6 cm³/mol. The van der Waals surface area contributed by atoms with E-state index in [0.717, 1.165) is 11.0 Å². The van der Waals surface area contributed by atoms with Crippen LogP contribution in [0, 0.1) is 17.8 Å². The van der Waals surface area contributed by atoms with Crippen molar-refractivity contribution in [2.75, 3.05) is 6.54 Å². The summed E-state index contributed by atoms with van der Waals surface area (Å²) in [5.74, 6) is 1.68. The average Bonchev–Trinajstić information content (AvgIpc) is 2.28. The monoisotopic (exact) mass is 311 g/mol. The van der Waals surface area contributed by atoms with E-state index in [1.165, 1.54) is 0 Å². The number of nitrogens with one attached hydrogen (secondary N) is 1. The second-order valence-corrected chi connectivity index (χ2v) is 6.28. The van der Waals surface area contributed by atoms with Crippen LogP contribution in [0.1, 0.15) is 38.1 Å². The Morgan fingerprint density at radius 3 is 2.06 bits per heavy atom. The van der Waals surface area contributed by atoms with Crippen molar-refractivity contribution < 1.29 is 4.79 Å². The maximum absolute atomic E-state index is 12.0. The molecule has 0 aliphatic carbocycles. The second kappa shape index (κ2) is 6.93. The molecule has 0 atom stereocenters. The molecule has 100 valence electrons. The lowest BCUT2D eigenvalue weighted by molar-refractivity contribution is 0.0937. The number of amides is 1. The first-order valence-corrected chi connectivity index (χ1v) is 7.25. The van der Waals surface area contributed by atoms with Crippen molar-refractivity contribution >= 4 is 21.8 Å². The highest BCUT2D eigenvalue weighted by Crippen LogP contribution is 2.19. The van der Waals surface area contributed by atoms with Crippen molar-refractivity contribution in [3.63, 3.8) is 0 Å². The molecule has 0 saturated heterocycles. The number of benzene rings is 1. The van der Waals surface area contributed by atoms with Gasteiger partial charge in [0.15, 0.2) is 0 Å². The molecule has 18 heavy (non-hydrogen) atoms. The third-order valence-corrected chi connectivity index (χ3v) is 3.85. The third-order valence-electron chi connectivity index (χ3n) is 3.32. The third kappa shape index (κ3) is 4.45. The van der Waals surface area contributed by atoms with Crippen molar-refractivity contribution in [2.45, 2.75) is 27.7 Å². The van der Waals surface area contributed by atoms with Crippen LogP contribution in [0.4, 0.5) is 0 Å². The summed E-state index contributed by atoms with van der Waals surface area (Å²) in [6.45, 7) is 9.56. The van der Waals surface area contributed by atoms with Gasteiger partial charge in [-0.3, -0.25) is 4.79 Å². The maximum Gasteiger partial charge on any atom is 0.251 e. The topological polar surface area (TPSA) is 29.1 Å². The van der Waals surface area contributed by atoms with E-state index in [-0.39, 0.29) is 5.91 Å². The molecule has 0 aromatic heterocycles.